The van der Waals surface area contributed by atoms with Gasteiger partial charge in [-0.3, -0.25) is 4.79 Å². The van der Waals surface area contributed by atoms with E-state index in [0.29, 0.717) is 39.0 Å². The summed E-state index contributed by atoms with van der Waals surface area (Å²) in [5, 5.41) is 9.91. The second-order valence-electron chi connectivity index (χ2n) is 7.12. The van der Waals surface area contributed by atoms with Crippen molar-refractivity contribution in [1.82, 2.24) is 9.80 Å². The minimum atomic E-state index is -0.434. The third-order valence-corrected chi connectivity index (χ3v) is 4.77. The van der Waals surface area contributed by atoms with E-state index in [0.717, 1.165) is 11.1 Å². The highest BCUT2D eigenvalue weighted by atomic mass is 16.3. The molecular weight excluding hydrogens is 294 g/mol. The SMILES string of the molecule is CC1=C(C=CC(=O)N2CCN(C(N)=O)CC2)C(C)(C)CC(O)C1. The van der Waals surface area contributed by atoms with E-state index in [1.165, 1.54) is 0 Å². The number of urea groups is 1. The summed E-state index contributed by atoms with van der Waals surface area (Å²) in [7, 11) is 0. The Kier molecular flexibility index (Phi) is 5.14. The first-order chi connectivity index (χ1) is 10.7. The van der Waals surface area contributed by atoms with Crippen LogP contribution in [-0.2, 0) is 4.79 Å². The van der Waals surface area contributed by atoms with Crippen LogP contribution < -0.4 is 5.73 Å². The number of nitrogens with two attached hydrogens (primary N) is 1. The van der Waals surface area contributed by atoms with Gasteiger partial charge in [-0.2, -0.15) is 0 Å². The molecule has 2 aliphatic rings. The van der Waals surface area contributed by atoms with Gasteiger partial charge in [-0.1, -0.05) is 25.5 Å². The van der Waals surface area contributed by atoms with Crippen molar-refractivity contribution in [3.8, 4) is 0 Å². The Morgan fingerprint density at radius 3 is 2.30 bits per heavy atom. The van der Waals surface area contributed by atoms with E-state index in [9.17, 15) is 14.7 Å². The van der Waals surface area contributed by atoms with Crippen molar-refractivity contribution in [2.75, 3.05) is 26.2 Å². The number of allylic oxidation sites excluding steroid dienone is 2. The van der Waals surface area contributed by atoms with Crippen molar-refractivity contribution >= 4 is 11.9 Å². The lowest BCUT2D eigenvalue weighted by Crippen LogP contribution is -2.51. The zero-order valence-corrected chi connectivity index (χ0v) is 14.2. The summed E-state index contributed by atoms with van der Waals surface area (Å²) < 4.78 is 0. The number of hydrogen-bond donors (Lipinski definition) is 2. The summed E-state index contributed by atoms with van der Waals surface area (Å²) in [6, 6.07) is -0.434. The van der Waals surface area contributed by atoms with Crippen LogP contribution in [0.2, 0.25) is 0 Å². The first-order valence-corrected chi connectivity index (χ1v) is 8.10. The number of aliphatic hydroxyl groups is 1. The lowest BCUT2D eigenvalue weighted by Gasteiger charge is -2.36. The number of hydrogen-bond acceptors (Lipinski definition) is 3. The van der Waals surface area contributed by atoms with Gasteiger partial charge in [-0.05, 0) is 30.8 Å². The maximum Gasteiger partial charge on any atom is 0.314 e. The quantitative estimate of drug-likeness (QED) is 0.751. The Balaban J connectivity index is 2.01. The fourth-order valence-corrected chi connectivity index (χ4v) is 3.59. The Morgan fingerprint density at radius 2 is 1.78 bits per heavy atom. The average Bonchev–Trinajstić information content (AvgIpc) is 2.45. The van der Waals surface area contributed by atoms with Crippen LogP contribution in [0, 0.1) is 5.41 Å². The maximum atomic E-state index is 12.3. The van der Waals surface area contributed by atoms with Gasteiger partial charge in [0, 0.05) is 32.3 Å². The molecule has 1 unspecified atom stereocenters. The zero-order chi connectivity index (χ0) is 17.2. The van der Waals surface area contributed by atoms with Gasteiger partial charge in [0.2, 0.25) is 5.91 Å². The first kappa shape index (κ1) is 17.5. The standard InChI is InChI=1S/C17H27N3O3/c1-12-10-13(21)11-17(2,3)14(12)4-5-15(22)19-6-8-20(9-7-19)16(18)23/h4-5,13,21H,6-11H2,1-3H3,(H2,18,23). The molecule has 3 amide bonds. The number of aliphatic hydroxyl groups excluding tert-OH is 1. The minimum absolute atomic E-state index is 0.0451. The molecule has 0 aromatic heterocycles. The Hall–Kier alpha value is -1.82. The third-order valence-electron chi connectivity index (χ3n) is 4.77. The van der Waals surface area contributed by atoms with Crippen molar-refractivity contribution in [3.05, 3.63) is 23.3 Å². The van der Waals surface area contributed by atoms with Crippen molar-refractivity contribution in [2.45, 2.75) is 39.7 Å². The van der Waals surface area contributed by atoms with Gasteiger partial charge in [0.05, 0.1) is 6.10 Å². The molecule has 1 saturated heterocycles. The predicted molar refractivity (Wildman–Crippen MR) is 88.6 cm³/mol. The largest absolute Gasteiger partial charge is 0.393 e. The zero-order valence-electron chi connectivity index (χ0n) is 14.2. The molecule has 0 saturated carbocycles. The van der Waals surface area contributed by atoms with Crippen LogP contribution in [0.1, 0.15) is 33.6 Å². The van der Waals surface area contributed by atoms with Gasteiger partial charge in [0.15, 0.2) is 0 Å². The van der Waals surface area contributed by atoms with E-state index in [1.54, 1.807) is 15.9 Å². The summed E-state index contributed by atoms with van der Waals surface area (Å²) in [6.45, 7) is 8.17. The van der Waals surface area contributed by atoms with Crippen LogP contribution in [0.5, 0.6) is 0 Å². The van der Waals surface area contributed by atoms with Gasteiger partial charge in [-0.25, -0.2) is 4.79 Å². The van der Waals surface area contributed by atoms with Crippen molar-refractivity contribution in [1.29, 1.82) is 0 Å². The van der Waals surface area contributed by atoms with Gasteiger partial charge in [-0.15, -0.1) is 0 Å². The molecule has 0 spiro atoms. The second-order valence-corrected chi connectivity index (χ2v) is 7.12. The first-order valence-electron chi connectivity index (χ1n) is 8.10. The highest BCUT2D eigenvalue weighted by Gasteiger charge is 2.31. The van der Waals surface area contributed by atoms with Crippen LogP contribution in [0.3, 0.4) is 0 Å². The van der Waals surface area contributed by atoms with Gasteiger partial charge < -0.3 is 20.6 Å². The molecule has 1 atom stereocenters. The summed E-state index contributed by atoms with van der Waals surface area (Å²) >= 11 is 0. The second kappa shape index (κ2) is 6.74. The molecule has 1 aliphatic carbocycles. The van der Waals surface area contributed by atoms with Crippen molar-refractivity contribution < 1.29 is 14.7 Å². The summed E-state index contributed by atoms with van der Waals surface area (Å²) in [5.41, 5.74) is 7.38. The molecule has 6 heteroatoms. The number of carbonyl (C=O) groups excluding carboxylic acids is 2. The molecule has 0 bridgehead atoms. The van der Waals surface area contributed by atoms with Crippen LogP contribution in [0.25, 0.3) is 0 Å². The monoisotopic (exact) mass is 321 g/mol. The fraction of sp³-hybridized carbons (Fsp3) is 0.647. The smallest absolute Gasteiger partial charge is 0.314 e. The molecule has 6 nitrogen and oxygen atoms in total. The van der Waals surface area contributed by atoms with Crippen molar-refractivity contribution in [3.63, 3.8) is 0 Å². The van der Waals surface area contributed by atoms with Gasteiger partial charge >= 0.3 is 6.03 Å². The van der Waals surface area contributed by atoms with E-state index in [1.807, 2.05) is 13.0 Å². The maximum absolute atomic E-state index is 12.3. The number of amides is 3. The highest BCUT2D eigenvalue weighted by Crippen LogP contribution is 2.40. The third kappa shape index (κ3) is 4.13. The van der Waals surface area contributed by atoms with Gasteiger partial charge in [0.25, 0.3) is 0 Å². The number of nitrogens with zero attached hydrogens (tertiary/aromatic N) is 2. The van der Waals surface area contributed by atoms with E-state index in [4.69, 9.17) is 5.73 Å². The fourth-order valence-electron chi connectivity index (χ4n) is 3.59. The number of primary amides is 1. The Morgan fingerprint density at radius 1 is 1.22 bits per heavy atom. The highest BCUT2D eigenvalue weighted by molar-refractivity contribution is 5.88. The van der Waals surface area contributed by atoms with Crippen molar-refractivity contribution in [2.24, 2.45) is 11.1 Å². The molecular formula is C17H27N3O3. The van der Waals surface area contributed by atoms with E-state index >= 15 is 0 Å². The lowest BCUT2D eigenvalue weighted by atomic mass is 9.71. The number of rotatable bonds is 2. The normalized spacial score (nSPS) is 25.1. The van der Waals surface area contributed by atoms with Crippen LogP contribution in [0.15, 0.2) is 23.3 Å². The molecule has 1 fully saturated rings. The van der Waals surface area contributed by atoms with Crippen LogP contribution in [-0.4, -0.2) is 59.1 Å². The summed E-state index contributed by atoms with van der Waals surface area (Å²) in [4.78, 5) is 26.7. The minimum Gasteiger partial charge on any atom is -0.393 e. The van der Waals surface area contributed by atoms with Crippen LogP contribution in [0.4, 0.5) is 4.79 Å². The number of piperazine rings is 1. The molecule has 1 aliphatic heterocycles. The summed E-state index contributed by atoms with van der Waals surface area (Å²) in [5.74, 6) is -0.0451. The lowest BCUT2D eigenvalue weighted by molar-refractivity contribution is -0.127. The van der Waals surface area contributed by atoms with E-state index < -0.39 is 6.03 Å². The molecule has 3 N–H and O–H groups in total. The molecule has 1 heterocycles. The average molecular weight is 321 g/mol. The molecule has 23 heavy (non-hydrogen) atoms. The van der Waals surface area contributed by atoms with Gasteiger partial charge in [0.1, 0.15) is 0 Å². The molecule has 2 rings (SSSR count). The van der Waals surface area contributed by atoms with E-state index in [-0.39, 0.29) is 17.4 Å². The Bertz CT molecular complexity index is 543. The topological polar surface area (TPSA) is 86.9 Å². The van der Waals surface area contributed by atoms with E-state index in [2.05, 4.69) is 13.8 Å². The molecule has 0 aromatic rings. The Labute approximate surface area is 137 Å². The molecule has 0 aromatic carbocycles. The summed E-state index contributed by atoms with van der Waals surface area (Å²) in [6.07, 6.45) is 4.56. The van der Waals surface area contributed by atoms with Crippen LogP contribution >= 0.6 is 0 Å². The molecule has 0 radical (unpaired) electrons. The molecule has 128 valence electrons. The predicted octanol–water partition coefficient (Wildman–Crippen LogP) is 1.26. The number of carbonyl (C=O) groups is 2.